The van der Waals surface area contributed by atoms with Crippen molar-refractivity contribution in [2.75, 3.05) is 19.6 Å². The van der Waals surface area contributed by atoms with Gasteiger partial charge >= 0.3 is 0 Å². The maximum atomic E-state index is 4.53. The average molecular weight is 239 g/mol. The Bertz CT molecular complexity index is 361. The SMILES string of the molecule is Cc1nc(C)c(C(C)N2CCNCC2C)s1. The summed E-state index contributed by atoms with van der Waals surface area (Å²) < 4.78 is 0. The highest BCUT2D eigenvalue weighted by molar-refractivity contribution is 7.11. The molecule has 2 atom stereocenters. The molecule has 0 bridgehead atoms. The molecule has 2 heterocycles. The normalized spacial score (nSPS) is 24.6. The number of nitrogens with zero attached hydrogens (tertiary/aromatic N) is 2. The van der Waals surface area contributed by atoms with Crippen molar-refractivity contribution >= 4 is 11.3 Å². The summed E-state index contributed by atoms with van der Waals surface area (Å²) >= 11 is 1.84. The van der Waals surface area contributed by atoms with Crippen LogP contribution in [0.3, 0.4) is 0 Å². The molecule has 1 fully saturated rings. The first-order valence-corrected chi connectivity index (χ1v) is 6.81. The van der Waals surface area contributed by atoms with Crippen LogP contribution in [0.5, 0.6) is 0 Å². The molecule has 0 amide bonds. The molecule has 0 spiro atoms. The molecule has 16 heavy (non-hydrogen) atoms. The highest BCUT2D eigenvalue weighted by Gasteiger charge is 2.26. The number of hydrogen-bond donors (Lipinski definition) is 1. The number of nitrogens with one attached hydrogen (secondary N) is 1. The predicted molar refractivity (Wildman–Crippen MR) is 69.0 cm³/mol. The van der Waals surface area contributed by atoms with Gasteiger partial charge in [0.1, 0.15) is 0 Å². The zero-order valence-electron chi connectivity index (χ0n) is 10.6. The van der Waals surface area contributed by atoms with E-state index in [1.54, 1.807) is 0 Å². The van der Waals surface area contributed by atoms with E-state index < -0.39 is 0 Å². The monoisotopic (exact) mass is 239 g/mol. The van der Waals surface area contributed by atoms with Gasteiger partial charge in [-0.25, -0.2) is 4.98 Å². The molecular weight excluding hydrogens is 218 g/mol. The summed E-state index contributed by atoms with van der Waals surface area (Å²) in [4.78, 5) is 8.54. The minimum Gasteiger partial charge on any atom is -0.314 e. The molecule has 0 radical (unpaired) electrons. The minimum absolute atomic E-state index is 0.503. The number of hydrogen-bond acceptors (Lipinski definition) is 4. The fraction of sp³-hybridized carbons (Fsp3) is 0.750. The molecule has 0 aromatic carbocycles. The van der Waals surface area contributed by atoms with Crippen LogP contribution in [0.2, 0.25) is 0 Å². The van der Waals surface area contributed by atoms with E-state index in [0.717, 1.165) is 19.6 Å². The lowest BCUT2D eigenvalue weighted by Gasteiger charge is -2.38. The lowest BCUT2D eigenvalue weighted by Crippen LogP contribution is -2.50. The molecule has 90 valence electrons. The van der Waals surface area contributed by atoms with Crippen LogP contribution in [0.15, 0.2) is 0 Å². The van der Waals surface area contributed by atoms with Gasteiger partial charge in [-0.1, -0.05) is 0 Å². The molecule has 3 nitrogen and oxygen atoms in total. The van der Waals surface area contributed by atoms with Gasteiger partial charge in [-0.2, -0.15) is 0 Å². The van der Waals surface area contributed by atoms with E-state index in [9.17, 15) is 0 Å². The van der Waals surface area contributed by atoms with E-state index in [4.69, 9.17) is 0 Å². The van der Waals surface area contributed by atoms with Gasteiger partial charge < -0.3 is 5.32 Å². The van der Waals surface area contributed by atoms with E-state index in [1.165, 1.54) is 15.6 Å². The third-order valence-corrected chi connectivity index (χ3v) is 4.61. The largest absolute Gasteiger partial charge is 0.314 e. The highest BCUT2D eigenvalue weighted by Crippen LogP contribution is 2.30. The third kappa shape index (κ3) is 2.29. The number of piperazine rings is 1. The molecule has 2 rings (SSSR count). The molecule has 4 heteroatoms. The second-order valence-corrected chi connectivity index (χ2v) is 5.88. The molecular formula is C12H21N3S. The van der Waals surface area contributed by atoms with Gasteiger partial charge in [0, 0.05) is 36.6 Å². The number of thiazole rings is 1. The van der Waals surface area contributed by atoms with Crippen LogP contribution in [-0.2, 0) is 0 Å². The number of rotatable bonds is 2. The standard InChI is InChI=1S/C12H21N3S/c1-8-7-13-5-6-15(8)10(3)12-9(2)14-11(4)16-12/h8,10,13H,5-7H2,1-4H3. The molecule has 1 N–H and O–H groups in total. The van der Waals surface area contributed by atoms with Crippen molar-refractivity contribution in [2.45, 2.75) is 39.8 Å². The fourth-order valence-corrected chi connectivity index (χ4v) is 3.52. The Morgan fingerprint density at radius 1 is 1.50 bits per heavy atom. The Labute approximate surface area is 102 Å². The smallest absolute Gasteiger partial charge is 0.0900 e. The number of aromatic nitrogens is 1. The second-order valence-electron chi connectivity index (χ2n) is 4.65. The Hall–Kier alpha value is -0.450. The second kappa shape index (κ2) is 4.82. The van der Waals surface area contributed by atoms with Gasteiger partial charge in [0.15, 0.2) is 0 Å². The summed E-state index contributed by atoms with van der Waals surface area (Å²) in [5.41, 5.74) is 1.21. The Morgan fingerprint density at radius 2 is 2.25 bits per heavy atom. The van der Waals surface area contributed by atoms with E-state index >= 15 is 0 Å². The summed E-state index contributed by atoms with van der Waals surface area (Å²) in [6.07, 6.45) is 0. The molecule has 1 saturated heterocycles. The van der Waals surface area contributed by atoms with Crippen LogP contribution in [0, 0.1) is 13.8 Å². The van der Waals surface area contributed by atoms with Crippen molar-refractivity contribution in [1.29, 1.82) is 0 Å². The van der Waals surface area contributed by atoms with Crippen LogP contribution in [0.1, 0.15) is 35.5 Å². The zero-order valence-corrected chi connectivity index (χ0v) is 11.4. The van der Waals surface area contributed by atoms with Crippen LogP contribution >= 0.6 is 11.3 Å². The first kappa shape index (κ1) is 12.0. The third-order valence-electron chi connectivity index (χ3n) is 3.37. The van der Waals surface area contributed by atoms with Gasteiger partial charge in [0.05, 0.1) is 10.7 Å². The highest BCUT2D eigenvalue weighted by atomic mass is 32.1. The van der Waals surface area contributed by atoms with Crippen molar-refractivity contribution in [2.24, 2.45) is 0 Å². The van der Waals surface area contributed by atoms with Gasteiger partial charge in [0.2, 0.25) is 0 Å². The molecule has 1 aliphatic rings. The van der Waals surface area contributed by atoms with Gasteiger partial charge in [-0.15, -0.1) is 11.3 Å². The average Bonchev–Trinajstić information content (AvgIpc) is 2.58. The lowest BCUT2D eigenvalue weighted by atomic mass is 10.1. The van der Waals surface area contributed by atoms with E-state index in [-0.39, 0.29) is 0 Å². The van der Waals surface area contributed by atoms with E-state index in [1.807, 2.05) is 11.3 Å². The minimum atomic E-state index is 0.503. The fourth-order valence-electron chi connectivity index (χ4n) is 2.52. The van der Waals surface area contributed by atoms with Crippen molar-refractivity contribution in [3.05, 3.63) is 15.6 Å². The van der Waals surface area contributed by atoms with Crippen LogP contribution in [0.25, 0.3) is 0 Å². The summed E-state index contributed by atoms with van der Waals surface area (Å²) in [5, 5.41) is 4.62. The van der Waals surface area contributed by atoms with Gasteiger partial charge in [0.25, 0.3) is 0 Å². The molecule has 1 aromatic heterocycles. The van der Waals surface area contributed by atoms with E-state index in [0.29, 0.717) is 12.1 Å². The Morgan fingerprint density at radius 3 is 2.81 bits per heavy atom. The van der Waals surface area contributed by atoms with Crippen LogP contribution < -0.4 is 5.32 Å². The van der Waals surface area contributed by atoms with Crippen molar-refractivity contribution < 1.29 is 0 Å². The van der Waals surface area contributed by atoms with Crippen LogP contribution in [0.4, 0.5) is 0 Å². The Balaban J connectivity index is 2.17. The zero-order chi connectivity index (χ0) is 11.7. The lowest BCUT2D eigenvalue weighted by molar-refractivity contribution is 0.127. The summed E-state index contributed by atoms with van der Waals surface area (Å²) in [6.45, 7) is 12.2. The van der Waals surface area contributed by atoms with Gasteiger partial charge in [-0.3, -0.25) is 4.90 Å². The van der Waals surface area contributed by atoms with E-state index in [2.05, 4.69) is 42.9 Å². The Kier molecular flexibility index (Phi) is 3.62. The quantitative estimate of drug-likeness (QED) is 0.857. The van der Waals surface area contributed by atoms with Crippen molar-refractivity contribution in [3.63, 3.8) is 0 Å². The first-order chi connectivity index (χ1) is 7.59. The molecule has 0 aliphatic carbocycles. The topological polar surface area (TPSA) is 28.2 Å². The molecule has 2 unspecified atom stereocenters. The van der Waals surface area contributed by atoms with Crippen molar-refractivity contribution in [1.82, 2.24) is 15.2 Å². The molecule has 0 saturated carbocycles. The summed E-state index contributed by atoms with van der Waals surface area (Å²) in [5.74, 6) is 0. The summed E-state index contributed by atoms with van der Waals surface area (Å²) in [6, 6.07) is 1.12. The predicted octanol–water partition coefficient (Wildman–Crippen LogP) is 2.11. The maximum absolute atomic E-state index is 4.53. The first-order valence-electron chi connectivity index (χ1n) is 6.00. The van der Waals surface area contributed by atoms with Crippen LogP contribution in [-0.4, -0.2) is 35.6 Å². The summed E-state index contributed by atoms with van der Waals surface area (Å²) in [7, 11) is 0. The van der Waals surface area contributed by atoms with Gasteiger partial charge in [-0.05, 0) is 27.7 Å². The molecule has 1 aromatic rings. The molecule has 1 aliphatic heterocycles. The maximum Gasteiger partial charge on any atom is 0.0900 e. The number of aryl methyl sites for hydroxylation is 2. The van der Waals surface area contributed by atoms with Crippen molar-refractivity contribution in [3.8, 4) is 0 Å².